The number of rotatable bonds is 2. The summed E-state index contributed by atoms with van der Waals surface area (Å²) in [4.78, 5) is 33.3. The third kappa shape index (κ3) is 2.65. The van der Waals surface area contributed by atoms with Crippen LogP contribution in [0.25, 0.3) is 6.08 Å². The summed E-state index contributed by atoms with van der Waals surface area (Å²) in [6.45, 7) is 0. The highest BCUT2D eigenvalue weighted by atomic mass is 35.5. The van der Waals surface area contributed by atoms with Crippen molar-refractivity contribution < 1.29 is 9.59 Å². The van der Waals surface area contributed by atoms with Crippen molar-refractivity contribution in [3.05, 3.63) is 39.9 Å². The van der Waals surface area contributed by atoms with Gasteiger partial charge in [0.05, 0.1) is 10.0 Å². The molecule has 2 aliphatic heterocycles. The largest absolute Gasteiger partial charge is 0.344 e. The first-order valence-electron chi connectivity index (χ1n) is 7.29. The maximum atomic E-state index is 12.4. The fourth-order valence-corrected chi connectivity index (χ4v) is 3.13. The molecule has 1 fully saturated rings. The van der Waals surface area contributed by atoms with Crippen LogP contribution in [0.3, 0.4) is 0 Å². The Morgan fingerprint density at radius 1 is 1.04 bits per heavy atom. The quantitative estimate of drug-likeness (QED) is 0.808. The highest BCUT2D eigenvalue weighted by Gasteiger charge is 2.49. The molecule has 8 heteroatoms. The number of carbonyl (C=O) groups excluding carboxylic acids is 2. The lowest BCUT2D eigenvalue weighted by Crippen LogP contribution is -2.63. The van der Waals surface area contributed by atoms with Crippen LogP contribution in [0.1, 0.15) is 5.56 Å². The first-order chi connectivity index (χ1) is 11.3. The Labute approximate surface area is 149 Å². The average Bonchev–Trinajstić information content (AvgIpc) is 2.89. The van der Waals surface area contributed by atoms with Crippen LogP contribution in [0.2, 0.25) is 10.0 Å². The number of likely N-dealkylation sites (N-methyl/N-ethyl adjacent to an activating group) is 3. The highest BCUT2D eigenvalue weighted by Crippen LogP contribution is 2.27. The van der Waals surface area contributed by atoms with Gasteiger partial charge in [0.2, 0.25) is 0 Å². The Hall–Kier alpha value is -2.05. The predicted octanol–water partition coefficient (Wildman–Crippen LogP) is 2.57. The lowest BCUT2D eigenvalue weighted by molar-refractivity contribution is -0.135. The van der Waals surface area contributed by atoms with E-state index < -0.39 is 12.2 Å². The number of imide groups is 1. The molecule has 0 N–H and O–H groups in total. The molecule has 2 heterocycles. The monoisotopic (exact) mass is 366 g/mol. The molecule has 1 saturated heterocycles. The van der Waals surface area contributed by atoms with Gasteiger partial charge in [0.15, 0.2) is 12.2 Å². The van der Waals surface area contributed by atoms with E-state index >= 15 is 0 Å². The predicted molar refractivity (Wildman–Crippen MR) is 94.2 cm³/mol. The zero-order valence-electron chi connectivity index (χ0n) is 13.4. The van der Waals surface area contributed by atoms with E-state index in [1.807, 2.05) is 12.1 Å². The summed E-state index contributed by atoms with van der Waals surface area (Å²) >= 11 is 11.9. The average molecular weight is 367 g/mol. The van der Waals surface area contributed by atoms with Crippen molar-refractivity contribution in [3.63, 3.8) is 0 Å². The van der Waals surface area contributed by atoms with Gasteiger partial charge in [0.1, 0.15) is 5.84 Å². The van der Waals surface area contributed by atoms with E-state index in [2.05, 4.69) is 4.99 Å². The molecule has 0 aliphatic carbocycles. The topological polar surface area (TPSA) is 56.2 Å². The smallest absolute Gasteiger partial charge is 0.328 e. The molecule has 2 aliphatic rings. The summed E-state index contributed by atoms with van der Waals surface area (Å²) in [5.41, 5.74) is 0.864. The Morgan fingerprint density at radius 2 is 1.75 bits per heavy atom. The van der Waals surface area contributed by atoms with E-state index in [1.165, 1.54) is 11.9 Å². The molecule has 24 heavy (non-hydrogen) atoms. The van der Waals surface area contributed by atoms with Crippen molar-refractivity contribution in [3.8, 4) is 0 Å². The summed E-state index contributed by atoms with van der Waals surface area (Å²) in [6, 6.07) is 4.44. The number of hydrogen-bond donors (Lipinski definition) is 0. The number of hydrogen-bond acceptors (Lipinski definition) is 4. The first-order valence-corrected chi connectivity index (χ1v) is 8.05. The van der Waals surface area contributed by atoms with Crippen molar-refractivity contribution in [2.45, 2.75) is 12.2 Å². The van der Waals surface area contributed by atoms with Gasteiger partial charge < -0.3 is 9.80 Å². The Kier molecular flexibility index (Phi) is 4.27. The highest BCUT2D eigenvalue weighted by molar-refractivity contribution is 6.42. The molecule has 126 valence electrons. The minimum Gasteiger partial charge on any atom is -0.344 e. The number of aliphatic imine (C=N–C) groups is 1. The molecular formula is C16H16Cl2N4O2. The van der Waals surface area contributed by atoms with Crippen LogP contribution in [-0.4, -0.2) is 65.8 Å². The molecule has 0 aromatic heterocycles. The van der Waals surface area contributed by atoms with Crippen molar-refractivity contribution in [2.24, 2.45) is 4.99 Å². The molecule has 3 amide bonds. The SMILES string of the molecule is CN1C(=O)C2C(N=C(/C=C/c3ccc(Cl)c(Cl)c3)N2C)N(C)C1=O. The van der Waals surface area contributed by atoms with Crippen molar-refractivity contribution in [1.29, 1.82) is 0 Å². The summed E-state index contributed by atoms with van der Waals surface area (Å²) in [6.07, 6.45) is 3.12. The van der Waals surface area contributed by atoms with E-state index in [-0.39, 0.29) is 11.9 Å². The Balaban J connectivity index is 1.87. The number of fused-ring (bicyclic) bond motifs is 1. The lowest BCUT2D eigenvalue weighted by atomic mass is 10.1. The van der Waals surface area contributed by atoms with Crippen LogP contribution in [0.15, 0.2) is 29.3 Å². The zero-order valence-corrected chi connectivity index (χ0v) is 14.9. The molecule has 0 radical (unpaired) electrons. The second-order valence-corrected chi connectivity index (χ2v) is 6.57. The van der Waals surface area contributed by atoms with Gasteiger partial charge >= 0.3 is 6.03 Å². The van der Waals surface area contributed by atoms with Crippen molar-refractivity contribution >= 4 is 47.1 Å². The number of amides is 3. The molecule has 0 bridgehead atoms. The standard InChI is InChI=1S/C16H16Cl2N4O2/c1-20-12(7-5-9-4-6-10(17)11(18)8-9)19-14-13(20)15(23)22(3)16(24)21(14)2/h4-8,13-14H,1-3H3/b7-5+. The molecule has 2 unspecified atom stereocenters. The van der Waals surface area contributed by atoms with Gasteiger partial charge in [-0.05, 0) is 23.8 Å². The maximum absolute atomic E-state index is 12.4. The molecular weight excluding hydrogens is 351 g/mol. The second kappa shape index (κ2) is 6.11. The van der Waals surface area contributed by atoms with Gasteiger partial charge in [0, 0.05) is 21.1 Å². The van der Waals surface area contributed by atoms with Gasteiger partial charge in [-0.25, -0.2) is 9.79 Å². The van der Waals surface area contributed by atoms with E-state index in [1.54, 1.807) is 37.2 Å². The molecule has 6 nitrogen and oxygen atoms in total. The number of carbonyl (C=O) groups is 2. The third-order valence-electron chi connectivity index (χ3n) is 4.26. The van der Waals surface area contributed by atoms with Gasteiger partial charge in [-0.2, -0.15) is 0 Å². The molecule has 0 saturated carbocycles. The zero-order chi connectivity index (χ0) is 17.6. The number of urea groups is 1. The number of amidine groups is 1. The number of nitrogens with zero attached hydrogens (tertiary/aromatic N) is 4. The first kappa shape index (κ1) is 16.8. The van der Waals surface area contributed by atoms with Gasteiger partial charge in [-0.15, -0.1) is 0 Å². The van der Waals surface area contributed by atoms with E-state index in [4.69, 9.17) is 23.2 Å². The van der Waals surface area contributed by atoms with Crippen LogP contribution in [0.5, 0.6) is 0 Å². The van der Waals surface area contributed by atoms with Crippen molar-refractivity contribution in [2.75, 3.05) is 21.1 Å². The van der Waals surface area contributed by atoms with Crippen LogP contribution in [0.4, 0.5) is 4.79 Å². The fourth-order valence-electron chi connectivity index (χ4n) is 2.82. The second-order valence-electron chi connectivity index (χ2n) is 5.75. The Bertz CT molecular complexity index is 777. The van der Waals surface area contributed by atoms with E-state index in [9.17, 15) is 9.59 Å². The lowest BCUT2D eigenvalue weighted by Gasteiger charge is -2.38. The van der Waals surface area contributed by atoms with Crippen molar-refractivity contribution in [1.82, 2.24) is 14.7 Å². The fraction of sp³-hybridized carbons (Fsp3) is 0.312. The van der Waals surface area contributed by atoms with Crippen LogP contribution < -0.4 is 0 Å². The number of benzene rings is 1. The van der Waals surface area contributed by atoms with Gasteiger partial charge in [0.25, 0.3) is 5.91 Å². The van der Waals surface area contributed by atoms with E-state index in [0.717, 1.165) is 10.5 Å². The molecule has 3 rings (SSSR count). The summed E-state index contributed by atoms with van der Waals surface area (Å²) in [5.74, 6) is 0.367. The van der Waals surface area contributed by atoms with Crippen LogP contribution in [-0.2, 0) is 4.79 Å². The van der Waals surface area contributed by atoms with Crippen LogP contribution >= 0.6 is 23.2 Å². The normalized spacial score (nSPS) is 24.0. The Morgan fingerprint density at radius 3 is 2.42 bits per heavy atom. The molecule has 0 spiro atoms. The van der Waals surface area contributed by atoms with Gasteiger partial charge in [-0.3, -0.25) is 9.69 Å². The van der Waals surface area contributed by atoms with Crippen LogP contribution in [0, 0.1) is 0 Å². The van der Waals surface area contributed by atoms with E-state index in [0.29, 0.717) is 15.9 Å². The number of halogens is 2. The third-order valence-corrected chi connectivity index (χ3v) is 5.00. The minimum absolute atomic E-state index is 0.257. The summed E-state index contributed by atoms with van der Waals surface area (Å²) in [7, 11) is 4.92. The summed E-state index contributed by atoms with van der Waals surface area (Å²) < 4.78 is 0. The molecule has 1 aromatic carbocycles. The minimum atomic E-state index is -0.514. The summed E-state index contributed by atoms with van der Waals surface area (Å²) in [5, 5.41) is 0.959. The van der Waals surface area contributed by atoms with Gasteiger partial charge in [-0.1, -0.05) is 35.3 Å². The molecule has 1 aromatic rings. The molecule has 2 atom stereocenters. The maximum Gasteiger partial charge on any atom is 0.328 e.